The van der Waals surface area contributed by atoms with Gasteiger partial charge in [-0.25, -0.2) is 8.42 Å². The molecular weight excluding hydrogens is 685 g/mol. The Balaban J connectivity index is 1.34. The SMILES string of the molecule is Cc1cccc2c1N(c1cc3c(cc1C(C)C)S(=O)(=O)c1cc(C(C)C)c(N4c5ccccc5Sc5cccc(C)c54)cc1-3)c1ccccc1S2. The molecule has 9 rings (SSSR count). The molecule has 0 saturated heterocycles. The van der Waals surface area contributed by atoms with Crippen molar-refractivity contribution in [1.82, 2.24) is 0 Å². The number of fused-ring (bicyclic) bond motifs is 7. The van der Waals surface area contributed by atoms with Gasteiger partial charge in [0, 0.05) is 30.7 Å². The van der Waals surface area contributed by atoms with Gasteiger partial charge in [0.2, 0.25) is 9.84 Å². The predicted octanol–water partition coefficient (Wildman–Crippen LogP) is 13.2. The molecule has 7 heteroatoms. The maximum absolute atomic E-state index is 14.7. The molecular formula is C44H38N2O2S3. The second-order valence-corrected chi connectivity index (χ2v) is 18.3. The Morgan fingerprint density at radius 2 is 0.882 bits per heavy atom. The van der Waals surface area contributed by atoms with Crippen molar-refractivity contribution in [3.63, 3.8) is 0 Å². The molecule has 3 heterocycles. The molecule has 4 nitrogen and oxygen atoms in total. The van der Waals surface area contributed by atoms with Crippen LogP contribution in [0.15, 0.2) is 139 Å². The van der Waals surface area contributed by atoms with Crippen molar-refractivity contribution in [3.8, 4) is 11.1 Å². The molecule has 0 bridgehead atoms. The average Bonchev–Trinajstić information content (AvgIpc) is 3.33. The lowest BCUT2D eigenvalue weighted by Crippen LogP contribution is -2.18. The number of sulfone groups is 1. The second-order valence-electron chi connectivity index (χ2n) is 14.3. The van der Waals surface area contributed by atoms with Gasteiger partial charge in [0.1, 0.15) is 0 Å². The zero-order valence-corrected chi connectivity index (χ0v) is 31.9. The van der Waals surface area contributed by atoms with E-state index in [1.165, 1.54) is 30.7 Å². The maximum atomic E-state index is 14.7. The first-order valence-electron chi connectivity index (χ1n) is 17.5. The molecule has 0 amide bonds. The van der Waals surface area contributed by atoms with Crippen molar-refractivity contribution in [3.05, 3.63) is 131 Å². The molecule has 6 aromatic carbocycles. The number of hydrogen-bond acceptors (Lipinski definition) is 6. The summed E-state index contributed by atoms with van der Waals surface area (Å²) in [6.07, 6.45) is 0. The monoisotopic (exact) mass is 722 g/mol. The molecule has 3 aliphatic rings. The lowest BCUT2D eigenvalue weighted by Gasteiger charge is -2.36. The van der Waals surface area contributed by atoms with Crippen LogP contribution in [0.1, 0.15) is 61.8 Å². The molecule has 6 aromatic rings. The average molecular weight is 723 g/mol. The Bertz CT molecular complexity index is 2390. The number of nitrogens with zero attached hydrogens (tertiary/aromatic N) is 2. The van der Waals surface area contributed by atoms with E-state index in [1.807, 2.05) is 12.1 Å². The first-order chi connectivity index (χ1) is 24.5. The third-order valence-corrected chi connectivity index (χ3v) is 14.4. The summed E-state index contributed by atoms with van der Waals surface area (Å²) < 4.78 is 29.3. The first kappa shape index (κ1) is 32.5. The van der Waals surface area contributed by atoms with Crippen LogP contribution >= 0.6 is 23.5 Å². The van der Waals surface area contributed by atoms with E-state index in [1.54, 1.807) is 23.5 Å². The summed E-state index contributed by atoms with van der Waals surface area (Å²) in [5.41, 5.74) is 12.5. The fourth-order valence-corrected chi connectivity index (χ4v) is 11.9. The summed E-state index contributed by atoms with van der Waals surface area (Å²) in [5, 5.41) is 0. The second kappa shape index (κ2) is 11.8. The van der Waals surface area contributed by atoms with Crippen molar-refractivity contribution in [2.75, 3.05) is 9.80 Å². The quantitative estimate of drug-likeness (QED) is 0.180. The zero-order valence-electron chi connectivity index (χ0n) is 29.5. The number of rotatable bonds is 4. The highest BCUT2D eigenvalue weighted by Gasteiger charge is 2.39. The van der Waals surface area contributed by atoms with E-state index >= 15 is 0 Å². The number of para-hydroxylation sites is 4. The van der Waals surface area contributed by atoms with E-state index in [4.69, 9.17) is 0 Å². The highest BCUT2D eigenvalue weighted by atomic mass is 32.2. The van der Waals surface area contributed by atoms with E-state index in [2.05, 4.69) is 148 Å². The molecule has 0 unspecified atom stereocenters. The van der Waals surface area contributed by atoms with E-state index < -0.39 is 9.84 Å². The summed E-state index contributed by atoms with van der Waals surface area (Å²) in [4.78, 5) is 10.3. The van der Waals surface area contributed by atoms with Gasteiger partial charge in [-0.3, -0.25) is 0 Å². The van der Waals surface area contributed by atoms with Crippen molar-refractivity contribution in [2.24, 2.45) is 0 Å². The molecule has 0 aromatic heterocycles. The molecule has 3 aliphatic heterocycles. The van der Waals surface area contributed by atoms with Crippen LogP contribution in [-0.4, -0.2) is 8.42 Å². The lowest BCUT2D eigenvalue weighted by molar-refractivity contribution is 0.598. The van der Waals surface area contributed by atoms with Crippen LogP contribution in [0, 0.1) is 13.8 Å². The van der Waals surface area contributed by atoms with Gasteiger partial charge in [-0.15, -0.1) is 0 Å². The Hall–Kier alpha value is -4.43. The molecule has 0 radical (unpaired) electrons. The van der Waals surface area contributed by atoms with Crippen LogP contribution in [0.25, 0.3) is 11.1 Å². The number of hydrogen-bond donors (Lipinski definition) is 0. The summed E-state index contributed by atoms with van der Waals surface area (Å²) in [5.74, 6) is 0.170. The molecule has 0 aliphatic carbocycles. The van der Waals surface area contributed by atoms with Gasteiger partial charge < -0.3 is 9.80 Å². The van der Waals surface area contributed by atoms with Crippen molar-refractivity contribution in [1.29, 1.82) is 0 Å². The standard InChI is InChI=1S/C44H38N2O2S3/c1-25(2)29-23-41-31(21-35(29)45-33-15-7-9-17-37(33)49-39-19-11-13-27(5)43(39)45)32-22-36(30(26(3)4)24-42(32)51(41,47)48)46-34-16-8-10-18-38(34)50-40-20-12-14-28(6)44(40)46/h7-26H,1-6H3. The minimum absolute atomic E-state index is 0.0852. The normalized spacial score (nSPS) is 14.9. The summed E-state index contributed by atoms with van der Waals surface area (Å²) in [6, 6.07) is 38.3. The molecule has 0 saturated carbocycles. The van der Waals surface area contributed by atoms with Crippen LogP contribution in [0.3, 0.4) is 0 Å². The van der Waals surface area contributed by atoms with E-state index in [-0.39, 0.29) is 11.8 Å². The fourth-order valence-electron chi connectivity index (χ4n) is 7.90. The van der Waals surface area contributed by atoms with Crippen LogP contribution in [0.5, 0.6) is 0 Å². The molecule has 0 atom stereocenters. The smallest absolute Gasteiger partial charge is 0.207 e. The Kier molecular flexibility index (Phi) is 7.52. The molecule has 51 heavy (non-hydrogen) atoms. The third-order valence-electron chi connectivity index (χ3n) is 10.4. The molecule has 0 N–H and O–H groups in total. The maximum Gasteiger partial charge on any atom is 0.207 e. The Labute approximate surface area is 309 Å². The lowest BCUT2D eigenvalue weighted by atomic mass is 9.92. The molecule has 0 fully saturated rings. The van der Waals surface area contributed by atoms with Crippen LogP contribution < -0.4 is 9.80 Å². The summed E-state index contributed by atoms with van der Waals surface area (Å²) in [6.45, 7) is 13.0. The minimum Gasteiger partial charge on any atom is -0.308 e. The number of anilines is 6. The highest BCUT2D eigenvalue weighted by molar-refractivity contribution is 8.00. The highest BCUT2D eigenvalue weighted by Crippen LogP contribution is 2.58. The van der Waals surface area contributed by atoms with E-state index in [0.717, 1.165) is 56.4 Å². The molecule has 254 valence electrons. The summed E-state index contributed by atoms with van der Waals surface area (Å²) in [7, 11) is -3.78. The van der Waals surface area contributed by atoms with Gasteiger partial charge in [-0.2, -0.15) is 0 Å². The van der Waals surface area contributed by atoms with Crippen molar-refractivity contribution in [2.45, 2.75) is 82.8 Å². The van der Waals surface area contributed by atoms with Gasteiger partial charge in [-0.1, -0.05) is 99.7 Å². The zero-order chi connectivity index (χ0) is 35.3. The minimum atomic E-state index is -3.78. The summed E-state index contributed by atoms with van der Waals surface area (Å²) >= 11 is 3.58. The van der Waals surface area contributed by atoms with Gasteiger partial charge in [-0.05, 0) is 109 Å². The van der Waals surface area contributed by atoms with E-state index in [0.29, 0.717) is 9.79 Å². The largest absolute Gasteiger partial charge is 0.308 e. The van der Waals surface area contributed by atoms with Crippen molar-refractivity contribution < 1.29 is 8.42 Å². The van der Waals surface area contributed by atoms with Crippen LogP contribution in [0.4, 0.5) is 34.1 Å². The van der Waals surface area contributed by atoms with Gasteiger partial charge in [0.05, 0.1) is 43.9 Å². The van der Waals surface area contributed by atoms with E-state index in [9.17, 15) is 8.42 Å². The van der Waals surface area contributed by atoms with Crippen LogP contribution in [0.2, 0.25) is 0 Å². The van der Waals surface area contributed by atoms with Crippen molar-refractivity contribution >= 4 is 67.5 Å². The Morgan fingerprint density at radius 1 is 0.490 bits per heavy atom. The molecule has 0 spiro atoms. The fraction of sp³-hybridized carbons (Fsp3) is 0.182. The Morgan fingerprint density at radius 3 is 1.29 bits per heavy atom. The van der Waals surface area contributed by atoms with Gasteiger partial charge in [0.25, 0.3) is 0 Å². The predicted molar refractivity (Wildman–Crippen MR) is 213 cm³/mol. The first-order valence-corrected chi connectivity index (χ1v) is 20.6. The topological polar surface area (TPSA) is 40.6 Å². The van der Waals surface area contributed by atoms with Crippen LogP contribution in [-0.2, 0) is 9.84 Å². The van der Waals surface area contributed by atoms with Gasteiger partial charge >= 0.3 is 0 Å². The number of benzene rings is 6. The third kappa shape index (κ3) is 4.85. The van der Waals surface area contributed by atoms with Gasteiger partial charge in [0.15, 0.2) is 0 Å². The number of aryl methyl sites for hydroxylation is 2.